The van der Waals surface area contributed by atoms with Gasteiger partial charge in [-0.25, -0.2) is 8.42 Å². The molecule has 2 fully saturated rings. The SMILES string of the molecule is Cc1cccc2c1[C@@H]1C[C@H]3[C@H](CCCN3S(C)(=O)=O)CN1CC2.Cl. The quantitative estimate of drug-likeness (QED) is 0.763. The number of fused-ring (bicyclic) bond motifs is 4. The second kappa shape index (κ2) is 6.60. The molecule has 134 valence electrons. The minimum atomic E-state index is -3.11. The molecule has 0 unspecified atom stereocenters. The van der Waals surface area contributed by atoms with Crippen molar-refractivity contribution >= 4 is 22.4 Å². The van der Waals surface area contributed by atoms with E-state index in [4.69, 9.17) is 0 Å². The molecule has 6 heteroatoms. The number of piperidine rings is 2. The van der Waals surface area contributed by atoms with Crippen molar-refractivity contribution in [3.8, 4) is 0 Å². The van der Waals surface area contributed by atoms with Crippen LogP contribution in [0, 0.1) is 12.8 Å². The standard InChI is InChI=1S/C18H26N2O2S.ClH/c1-13-5-3-6-14-8-10-19-12-15-7-4-9-20(23(2,21)22)16(15)11-17(19)18(13)14;/h3,5-6,15-17H,4,7-12H2,1-2H3;1H/t15-,16+,17+;/m1./s1. The lowest BCUT2D eigenvalue weighted by Crippen LogP contribution is -2.57. The van der Waals surface area contributed by atoms with Gasteiger partial charge in [-0.2, -0.15) is 4.31 Å². The Bertz CT molecular complexity index is 722. The maximum atomic E-state index is 12.2. The fraction of sp³-hybridized carbons (Fsp3) is 0.667. The topological polar surface area (TPSA) is 40.6 Å². The van der Waals surface area contributed by atoms with E-state index in [0.717, 1.165) is 32.4 Å². The monoisotopic (exact) mass is 370 g/mol. The molecule has 0 radical (unpaired) electrons. The summed E-state index contributed by atoms with van der Waals surface area (Å²) in [5.41, 5.74) is 4.29. The minimum absolute atomic E-state index is 0. The van der Waals surface area contributed by atoms with Crippen molar-refractivity contribution in [3.63, 3.8) is 0 Å². The molecule has 4 nitrogen and oxygen atoms in total. The van der Waals surface area contributed by atoms with Crippen LogP contribution in [-0.2, 0) is 16.4 Å². The number of nitrogens with zero attached hydrogens (tertiary/aromatic N) is 2. The zero-order chi connectivity index (χ0) is 16.2. The Balaban J connectivity index is 0.00000169. The van der Waals surface area contributed by atoms with Crippen molar-refractivity contribution in [2.24, 2.45) is 5.92 Å². The van der Waals surface area contributed by atoms with Crippen LogP contribution in [0.25, 0.3) is 0 Å². The van der Waals surface area contributed by atoms with Crippen molar-refractivity contribution < 1.29 is 8.42 Å². The number of hydrogen-bond donors (Lipinski definition) is 0. The van der Waals surface area contributed by atoms with E-state index in [0.29, 0.717) is 18.5 Å². The van der Waals surface area contributed by atoms with Crippen LogP contribution in [0.4, 0.5) is 0 Å². The van der Waals surface area contributed by atoms with Gasteiger partial charge in [-0.15, -0.1) is 12.4 Å². The van der Waals surface area contributed by atoms with Gasteiger partial charge in [0, 0.05) is 31.7 Å². The normalized spacial score (nSPS) is 30.7. The fourth-order valence-electron chi connectivity index (χ4n) is 5.09. The van der Waals surface area contributed by atoms with E-state index >= 15 is 0 Å². The summed E-state index contributed by atoms with van der Waals surface area (Å²) in [6.45, 7) is 5.06. The van der Waals surface area contributed by atoms with E-state index < -0.39 is 10.0 Å². The Morgan fingerprint density at radius 2 is 2.00 bits per heavy atom. The third-order valence-electron chi connectivity index (χ3n) is 6.08. The van der Waals surface area contributed by atoms with Crippen molar-refractivity contribution in [3.05, 3.63) is 34.9 Å². The van der Waals surface area contributed by atoms with Gasteiger partial charge in [0.05, 0.1) is 6.26 Å². The summed E-state index contributed by atoms with van der Waals surface area (Å²) >= 11 is 0. The Kier molecular flexibility index (Phi) is 5.00. The highest BCUT2D eigenvalue weighted by Crippen LogP contribution is 2.44. The first-order valence-corrected chi connectivity index (χ1v) is 10.6. The molecule has 3 aliphatic heterocycles. The minimum Gasteiger partial charge on any atom is -0.296 e. The van der Waals surface area contributed by atoms with Gasteiger partial charge >= 0.3 is 0 Å². The lowest BCUT2D eigenvalue weighted by molar-refractivity contribution is 0.0220. The first-order valence-electron chi connectivity index (χ1n) is 8.74. The van der Waals surface area contributed by atoms with E-state index in [9.17, 15) is 8.42 Å². The highest BCUT2D eigenvalue weighted by molar-refractivity contribution is 7.88. The van der Waals surface area contributed by atoms with Crippen LogP contribution in [0.2, 0.25) is 0 Å². The van der Waals surface area contributed by atoms with Crippen LogP contribution >= 0.6 is 12.4 Å². The van der Waals surface area contributed by atoms with E-state index in [-0.39, 0.29) is 18.4 Å². The Morgan fingerprint density at radius 1 is 1.21 bits per heavy atom. The molecule has 3 heterocycles. The van der Waals surface area contributed by atoms with Crippen molar-refractivity contribution in [1.82, 2.24) is 9.21 Å². The summed E-state index contributed by atoms with van der Waals surface area (Å²) in [6, 6.07) is 7.18. The first kappa shape index (κ1) is 18.2. The van der Waals surface area contributed by atoms with E-state index in [1.165, 1.54) is 29.4 Å². The van der Waals surface area contributed by atoms with E-state index in [2.05, 4.69) is 30.0 Å². The van der Waals surface area contributed by atoms with E-state index in [1.54, 1.807) is 4.31 Å². The average Bonchev–Trinajstić information content (AvgIpc) is 2.51. The Labute approximate surface area is 151 Å². The van der Waals surface area contributed by atoms with Gasteiger partial charge in [0.1, 0.15) is 0 Å². The molecule has 0 spiro atoms. The third-order valence-corrected chi connectivity index (χ3v) is 7.39. The summed E-state index contributed by atoms with van der Waals surface area (Å²) in [5, 5.41) is 0. The van der Waals surface area contributed by atoms with Gasteiger partial charge in [0.15, 0.2) is 0 Å². The van der Waals surface area contributed by atoms with Crippen LogP contribution < -0.4 is 0 Å². The predicted octanol–water partition coefficient (Wildman–Crippen LogP) is 2.76. The molecule has 3 atom stereocenters. The van der Waals surface area contributed by atoms with Gasteiger partial charge in [0.2, 0.25) is 10.0 Å². The van der Waals surface area contributed by atoms with Crippen LogP contribution in [-0.4, -0.2) is 49.6 Å². The average molecular weight is 371 g/mol. The molecular formula is C18H27ClN2O2S. The van der Waals surface area contributed by atoms with Gasteiger partial charge in [-0.3, -0.25) is 4.90 Å². The Morgan fingerprint density at radius 3 is 2.75 bits per heavy atom. The van der Waals surface area contributed by atoms with Crippen molar-refractivity contribution in [1.29, 1.82) is 0 Å². The summed E-state index contributed by atoms with van der Waals surface area (Å²) in [5.74, 6) is 0.500. The molecule has 0 aliphatic carbocycles. The highest BCUT2D eigenvalue weighted by atomic mass is 35.5. The lowest BCUT2D eigenvalue weighted by atomic mass is 9.76. The number of benzene rings is 1. The molecule has 0 saturated carbocycles. The molecule has 0 amide bonds. The summed E-state index contributed by atoms with van der Waals surface area (Å²) in [6.07, 6.45) is 5.63. The summed E-state index contributed by atoms with van der Waals surface area (Å²) < 4.78 is 26.2. The number of halogens is 1. The zero-order valence-corrected chi connectivity index (χ0v) is 16.1. The molecular weight excluding hydrogens is 344 g/mol. The molecule has 2 saturated heterocycles. The maximum Gasteiger partial charge on any atom is 0.211 e. The van der Waals surface area contributed by atoms with Gasteiger partial charge < -0.3 is 0 Å². The molecule has 24 heavy (non-hydrogen) atoms. The third kappa shape index (κ3) is 3.00. The molecule has 0 bridgehead atoms. The molecule has 4 rings (SSSR count). The first-order chi connectivity index (χ1) is 10.9. The van der Waals surface area contributed by atoms with Crippen molar-refractivity contribution in [2.45, 2.75) is 44.7 Å². The van der Waals surface area contributed by atoms with Gasteiger partial charge in [-0.1, -0.05) is 18.2 Å². The fourth-order valence-corrected chi connectivity index (χ4v) is 6.30. The van der Waals surface area contributed by atoms with Crippen LogP contribution in [0.1, 0.15) is 42.0 Å². The highest BCUT2D eigenvalue weighted by Gasteiger charge is 2.45. The van der Waals surface area contributed by atoms with Gasteiger partial charge in [-0.05, 0) is 55.2 Å². The molecule has 3 aliphatic rings. The molecule has 0 N–H and O–H groups in total. The van der Waals surface area contributed by atoms with Crippen LogP contribution in [0.15, 0.2) is 18.2 Å². The summed E-state index contributed by atoms with van der Waals surface area (Å²) in [4.78, 5) is 2.61. The van der Waals surface area contributed by atoms with Gasteiger partial charge in [0.25, 0.3) is 0 Å². The maximum absolute atomic E-state index is 12.2. The van der Waals surface area contributed by atoms with E-state index in [1.807, 2.05) is 0 Å². The summed E-state index contributed by atoms with van der Waals surface area (Å²) in [7, 11) is -3.11. The largest absolute Gasteiger partial charge is 0.296 e. The zero-order valence-electron chi connectivity index (χ0n) is 14.4. The molecule has 1 aromatic carbocycles. The lowest BCUT2D eigenvalue weighted by Gasteiger charge is -2.51. The van der Waals surface area contributed by atoms with Crippen LogP contribution in [0.5, 0.6) is 0 Å². The molecule has 1 aromatic rings. The Hall–Kier alpha value is -0.620. The van der Waals surface area contributed by atoms with Crippen molar-refractivity contribution in [2.75, 3.05) is 25.9 Å². The second-order valence-electron chi connectivity index (χ2n) is 7.49. The number of aryl methyl sites for hydroxylation is 1. The number of rotatable bonds is 1. The van der Waals surface area contributed by atoms with Crippen LogP contribution in [0.3, 0.4) is 0 Å². The number of hydrogen-bond acceptors (Lipinski definition) is 3. The molecule has 0 aromatic heterocycles. The number of sulfonamides is 1. The smallest absolute Gasteiger partial charge is 0.211 e. The second-order valence-corrected chi connectivity index (χ2v) is 9.42. The predicted molar refractivity (Wildman–Crippen MR) is 99.1 cm³/mol.